The number of benzene rings is 1. The molecule has 0 aromatic heterocycles. The lowest BCUT2D eigenvalue weighted by molar-refractivity contribution is -0.121. The first-order valence-corrected chi connectivity index (χ1v) is 7.46. The van der Waals surface area contributed by atoms with Crippen molar-refractivity contribution < 1.29 is 9.53 Å². The second-order valence-electron chi connectivity index (χ2n) is 4.61. The first kappa shape index (κ1) is 15.6. The van der Waals surface area contributed by atoms with Crippen molar-refractivity contribution in [2.24, 2.45) is 0 Å². The van der Waals surface area contributed by atoms with Gasteiger partial charge in [0, 0.05) is 18.8 Å². The Bertz CT molecular complexity index is 482. The summed E-state index contributed by atoms with van der Waals surface area (Å²) in [5, 5.41) is 4.16. The number of carbonyl (C=O) groups excluding carboxylic acids is 1. The molecular formula is C14H18Cl2N2O2. The van der Waals surface area contributed by atoms with E-state index >= 15 is 0 Å². The number of halogens is 2. The van der Waals surface area contributed by atoms with E-state index in [1.165, 1.54) is 0 Å². The Kier molecular flexibility index (Phi) is 5.66. The number of carbonyl (C=O) groups is 1. The standard InChI is InChI=1S/C14H18Cl2N2O2/c1-2-20-9-13-14(19)18(7-3-6-17-13)10-4-5-11(15)12(16)8-10/h4-5,8,13,17H,2-3,6-7,9H2,1H3. The molecule has 1 amide bonds. The van der Waals surface area contributed by atoms with Gasteiger partial charge in [0.1, 0.15) is 6.04 Å². The summed E-state index contributed by atoms with van der Waals surface area (Å²) in [6.07, 6.45) is 0.884. The van der Waals surface area contributed by atoms with Crippen LogP contribution >= 0.6 is 23.2 Å². The lowest BCUT2D eigenvalue weighted by atomic mass is 10.2. The van der Waals surface area contributed by atoms with Crippen LogP contribution in [0.2, 0.25) is 10.0 Å². The summed E-state index contributed by atoms with van der Waals surface area (Å²) in [4.78, 5) is 14.3. The quantitative estimate of drug-likeness (QED) is 0.928. The summed E-state index contributed by atoms with van der Waals surface area (Å²) >= 11 is 11.9. The maximum absolute atomic E-state index is 12.6. The van der Waals surface area contributed by atoms with Crippen LogP contribution in [-0.2, 0) is 9.53 Å². The van der Waals surface area contributed by atoms with Gasteiger partial charge in [-0.3, -0.25) is 4.79 Å². The molecule has 0 bridgehead atoms. The number of hydrogen-bond acceptors (Lipinski definition) is 3. The molecule has 1 aromatic carbocycles. The summed E-state index contributed by atoms with van der Waals surface area (Å²) in [7, 11) is 0. The molecule has 4 nitrogen and oxygen atoms in total. The number of nitrogens with zero attached hydrogens (tertiary/aromatic N) is 1. The molecule has 20 heavy (non-hydrogen) atoms. The third kappa shape index (κ3) is 3.64. The van der Waals surface area contributed by atoms with E-state index in [0.717, 1.165) is 18.7 Å². The fourth-order valence-corrected chi connectivity index (χ4v) is 2.47. The van der Waals surface area contributed by atoms with E-state index in [4.69, 9.17) is 27.9 Å². The van der Waals surface area contributed by atoms with Crippen LogP contribution in [0.1, 0.15) is 13.3 Å². The largest absolute Gasteiger partial charge is 0.380 e. The molecule has 1 heterocycles. The van der Waals surface area contributed by atoms with Crippen molar-refractivity contribution in [2.45, 2.75) is 19.4 Å². The normalized spacial score (nSPS) is 20.1. The molecule has 0 spiro atoms. The molecule has 0 aliphatic carbocycles. The highest BCUT2D eigenvalue weighted by atomic mass is 35.5. The fourth-order valence-electron chi connectivity index (χ4n) is 2.17. The highest BCUT2D eigenvalue weighted by molar-refractivity contribution is 6.42. The zero-order valence-electron chi connectivity index (χ0n) is 11.4. The van der Waals surface area contributed by atoms with Crippen molar-refractivity contribution in [1.29, 1.82) is 0 Å². The van der Waals surface area contributed by atoms with Crippen LogP contribution in [0.4, 0.5) is 5.69 Å². The predicted molar refractivity (Wildman–Crippen MR) is 81.7 cm³/mol. The lowest BCUT2D eigenvalue weighted by Gasteiger charge is -2.24. The summed E-state index contributed by atoms with van der Waals surface area (Å²) in [6.45, 7) is 4.34. The lowest BCUT2D eigenvalue weighted by Crippen LogP contribution is -2.46. The Morgan fingerprint density at radius 1 is 1.40 bits per heavy atom. The molecule has 0 saturated carbocycles. The summed E-state index contributed by atoms with van der Waals surface area (Å²) in [5.41, 5.74) is 0.773. The first-order valence-electron chi connectivity index (χ1n) is 6.71. The van der Waals surface area contributed by atoms with Crippen molar-refractivity contribution in [1.82, 2.24) is 5.32 Å². The minimum atomic E-state index is -0.313. The van der Waals surface area contributed by atoms with E-state index in [2.05, 4.69) is 5.32 Å². The minimum absolute atomic E-state index is 0.00865. The second-order valence-corrected chi connectivity index (χ2v) is 5.42. The number of anilines is 1. The van der Waals surface area contributed by atoms with Crippen LogP contribution in [0.5, 0.6) is 0 Å². The fraction of sp³-hybridized carbons (Fsp3) is 0.500. The Hall–Kier alpha value is -0.810. The molecule has 110 valence electrons. The number of nitrogens with one attached hydrogen (secondary N) is 1. The van der Waals surface area contributed by atoms with E-state index in [9.17, 15) is 4.79 Å². The monoisotopic (exact) mass is 316 g/mol. The van der Waals surface area contributed by atoms with Crippen molar-refractivity contribution in [3.63, 3.8) is 0 Å². The molecule has 1 N–H and O–H groups in total. The van der Waals surface area contributed by atoms with Gasteiger partial charge in [0.05, 0.1) is 16.7 Å². The zero-order chi connectivity index (χ0) is 14.5. The second kappa shape index (κ2) is 7.27. The molecule has 6 heteroatoms. The SMILES string of the molecule is CCOCC1NCCCN(c2ccc(Cl)c(Cl)c2)C1=O. The summed E-state index contributed by atoms with van der Waals surface area (Å²) in [5.74, 6) is 0.00865. The van der Waals surface area contributed by atoms with Gasteiger partial charge in [-0.25, -0.2) is 0 Å². The maximum atomic E-state index is 12.6. The van der Waals surface area contributed by atoms with Gasteiger partial charge in [0.25, 0.3) is 0 Å². The van der Waals surface area contributed by atoms with E-state index in [1.54, 1.807) is 17.0 Å². The van der Waals surface area contributed by atoms with E-state index < -0.39 is 0 Å². The van der Waals surface area contributed by atoms with E-state index in [1.807, 2.05) is 13.0 Å². The minimum Gasteiger partial charge on any atom is -0.380 e. The Labute approximate surface area is 129 Å². The van der Waals surface area contributed by atoms with Crippen LogP contribution in [0.15, 0.2) is 18.2 Å². The predicted octanol–water partition coefficient (Wildman–Crippen LogP) is 2.72. The van der Waals surface area contributed by atoms with Crippen molar-refractivity contribution >= 4 is 34.8 Å². The van der Waals surface area contributed by atoms with Gasteiger partial charge in [-0.1, -0.05) is 23.2 Å². The Morgan fingerprint density at radius 3 is 2.90 bits per heavy atom. The molecule has 1 aliphatic heterocycles. The van der Waals surface area contributed by atoms with Crippen molar-refractivity contribution in [2.75, 3.05) is 31.2 Å². The van der Waals surface area contributed by atoms with E-state index in [-0.39, 0.29) is 11.9 Å². The van der Waals surface area contributed by atoms with Gasteiger partial charge in [0.2, 0.25) is 5.91 Å². The van der Waals surface area contributed by atoms with Gasteiger partial charge in [0.15, 0.2) is 0 Å². The highest BCUT2D eigenvalue weighted by Gasteiger charge is 2.27. The molecule has 1 aromatic rings. The van der Waals surface area contributed by atoms with Crippen LogP contribution < -0.4 is 10.2 Å². The maximum Gasteiger partial charge on any atom is 0.246 e. The van der Waals surface area contributed by atoms with E-state index in [0.29, 0.717) is 29.8 Å². The number of amides is 1. The van der Waals surface area contributed by atoms with Gasteiger partial charge in [-0.15, -0.1) is 0 Å². The van der Waals surface area contributed by atoms with Crippen LogP contribution in [0.25, 0.3) is 0 Å². The number of ether oxygens (including phenoxy) is 1. The third-order valence-corrected chi connectivity index (χ3v) is 3.96. The average molecular weight is 317 g/mol. The molecule has 1 fully saturated rings. The number of rotatable bonds is 4. The molecule has 1 saturated heterocycles. The van der Waals surface area contributed by atoms with Gasteiger partial charge in [-0.2, -0.15) is 0 Å². The third-order valence-electron chi connectivity index (χ3n) is 3.22. The summed E-state index contributed by atoms with van der Waals surface area (Å²) in [6, 6.07) is 4.94. The van der Waals surface area contributed by atoms with Crippen LogP contribution in [0, 0.1) is 0 Å². The van der Waals surface area contributed by atoms with Crippen molar-refractivity contribution in [3.8, 4) is 0 Å². The molecule has 1 aliphatic rings. The highest BCUT2D eigenvalue weighted by Crippen LogP contribution is 2.28. The molecule has 0 radical (unpaired) electrons. The molecule has 2 rings (SSSR count). The van der Waals surface area contributed by atoms with Crippen molar-refractivity contribution in [3.05, 3.63) is 28.2 Å². The molecule has 1 unspecified atom stereocenters. The average Bonchev–Trinajstić information content (AvgIpc) is 2.62. The smallest absolute Gasteiger partial charge is 0.246 e. The Balaban J connectivity index is 2.19. The molecular weight excluding hydrogens is 299 g/mol. The topological polar surface area (TPSA) is 41.6 Å². The zero-order valence-corrected chi connectivity index (χ0v) is 12.9. The van der Waals surface area contributed by atoms with Gasteiger partial charge < -0.3 is 15.0 Å². The summed E-state index contributed by atoms with van der Waals surface area (Å²) < 4.78 is 5.37. The first-order chi connectivity index (χ1) is 9.63. The van der Waals surface area contributed by atoms with Gasteiger partial charge >= 0.3 is 0 Å². The van der Waals surface area contributed by atoms with Gasteiger partial charge in [-0.05, 0) is 38.1 Å². The number of hydrogen-bond donors (Lipinski definition) is 1. The molecule has 1 atom stereocenters. The van der Waals surface area contributed by atoms with Crippen LogP contribution in [-0.4, -0.2) is 38.3 Å². The van der Waals surface area contributed by atoms with Crippen LogP contribution in [0.3, 0.4) is 0 Å². The Morgan fingerprint density at radius 2 is 2.20 bits per heavy atom.